The standard InChI is InChI=1S/C26H28FN3O3S/c1-2-33-26(32)24-22(20-8-4-3-5-9-20)18-34-25(24)28-23(31)17-30-13-11-29(12-14-30)16-19-7-6-10-21(27)15-19/h3-10,15,18H,2,11-14,16-17H2,1H3,(H,28,31). The molecule has 0 bridgehead atoms. The minimum Gasteiger partial charge on any atom is -0.462 e. The van der Waals surface area contributed by atoms with Crippen LogP contribution in [0.5, 0.6) is 0 Å². The van der Waals surface area contributed by atoms with Crippen LogP contribution in [0.2, 0.25) is 0 Å². The van der Waals surface area contributed by atoms with Crippen LogP contribution in [-0.2, 0) is 16.1 Å². The molecule has 0 spiro atoms. The van der Waals surface area contributed by atoms with Gasteiger partial charge in [-0.15, -0.1) is 11.3 Å². The lowest BCUT2D eigenvalue weighted by Gasteiger charge is -2.34. The van der Waals surface area contributed by atoms with Gasteiger partial charge in [0, 0.05) is 43.7 Å². The largest absolute Gasteiger partial charge is 0.462 e. The van der Waals surface area contributed by atoms with Gasteiger partial charge >= 0.3 is 5.97 Å². The zero-order chi connectivity index (χ0) is 23.9. The number of amides is 1. The predicted octanol–water partition coefficient (Wildman–Crippen LogP) is 4.49. The van der Waals surface area contributed by atoms with Crippen molar-refractivity contribution in [1.29, 1.82) is 0 Å². The van der Waals surface area contributed by atoms with Crippen LogP contribution >= 0.6 is 11.3 Å². The van der Waals surface area contributed by atoms with Gasteiger partial charge in [-0.05, 0) is 30.2 Å². The molecule has 8 heteroatoms. The van der Waals surface area contributed by atoms with Crippen LogP contribution in [0.1, 0.15) is 22.8 Å². The first-order chi connectivity index (χ1) is 16.5. The van der Waals surface area contributed by atoms with Gasteiger partial charge in [-0.25, -0.2) is 9.18 Å². The number of ether oxygens (including phenoxy) is 1. The summed E-state index contributed by atoms with van der Waals surface area (Å²) in [7, 11) is 0. The summed E-state index contributed by atoms with van der Waals surface area (Å²) in [5.41, 5.74) is 3.00. The van der Waals surface area contributed by atoms with Gasteiger partial charge in [-0.2, -0.15) is 0 Å². The van der Waals surface area contributed by atoms with E-state index in [2.05, 4.69) is 15.1 Å². The van der Waals surface area contributed by atoms with E-state index in [9.17, 15) is 14.0 Å². The van der Waals surface area contributed by atoms with Crippen LogP contribution in [0.4, 0.5) is 9.39 Å². The van der Waals surface area contributed by atoms with E-state index in [4.69, 9.17) is 4.74 Å². The van der Waals surface area contributed by atoms with Crippen molar-refractivity contribution in [2.24, 2.45) is 0 Å². The molecule has 6 nitrogen and oxygen atoms in total. The minimum atomic E-state index is -0.441. The van der Waals surface area contributed by atoms with Crippen molar-refractivity contribution in [1.82, 2.24) is 9.80 Å². The molecule has 2 aromatic carbocycles. The van der Waals surface area contributed by atoms with Crippen LogP contribution in [0, 0.1) is 5.82 Å². The number of halogens is 1. The number of anilines is 1. The zero-order valence-corrected chi connectivity index (χ0v) is 19.9. The molecule has 0 aliphatic carbocycles. The molecule has 1 amide bonds. The maximum absolute atomic E-state index is 13.4. The Bertz CT molecular complexity index is 1130. The third kappa shape index (κ3) is 6.08. The Morgan fingerprint density at radius 2 is 1.76 bits per heavy atom. The molecule has 1 aliphatic heterocycles. The number of benzene rings is 2. The second kappa shape index (κ2) is 11.4. The molecule has 1 aromatic heterocycles. The van der Waals surface area contributed by atoms with Crippen molar-refractivity contribution in [3.8, 4) is 11.1 Å². The topological polar surface area (TPSA) is 61.9 Å². The van der Waals surface area contributed by atoms with Crippen LogP contribution < -0.4 is 5.32 Å². The van der Waals surface area contributed by atoms with Crippen molar-refractivity contribution >= 4 is 28.2 Å². The van der Waals surface area contributed by atoms with Crippen LogP contribution in [0.25, 0.3) is 11.1 Å². The highest BCUT2D eigenvalue weighted by molar-refractivity contribution is 7.15. The first kappa shape index (κ1) is 24.1. The van der Waals surface area contributed by atoms with Crippen molar-refractivity contribution in [2.75, 3.05) is 44.6 Å². The van der Waals surface area contributed by atoms with E-state index in [0.717, 1.165) is 42.9 Å². The Morgan fingerprint density at radius 1 is 1.03 bits per heavy atom. The number of nitrogens with zero attached hydrogens (tertiary/aromatic N) is 2. The van der Waals surface area contributed by atoms with Crippen molar-refractivity contribution < 1.29 is 18.7 Å². The number of hydrogen-bond acceptors (Lipinski definition) is 6. The molecule has 1 saturated heterocycles. The summed E-state index contributed by atoms with van der Waals surface area (Å²) in [5, 5.41) is 5.31. The summed E-state index contributed by atoms with van der Waals surface area (Å²) in [6.45, 7) is 6.05. The Balaban J connectivity index is 1.36. The van der Waals surface area contributed by atoms with Crippen LogP contribution in [0.3, 0.4) is 0 Å². The Labute approximate surface area is 203 Å². The number of esters is 1. The predicted molar refractivity (Wildman–Crippen MR) is 132 cm³/mol. The fourth-order valence-corrected chi connectivity index (χ4v) is 5.03. The Morgan fingerprint density at radius 3 is 2.47 bits per heavy atom. The lowest BCUT2D eigenvalue weighted by Crippen LogP contribution is -2.48. The Hall–Kier alpha value is -3.07. The van der Waals surface area contributed by atoms with Gasteiger partial charge in [0.1, 0.15) is 16.4 Å². The molecule has 2 heterocycles. The van der Waals surface area contributed by atoms with Gasteiger partial charge in [-0.3, -0.25) is 14.6 Å². The van der Waals surface area contributed by atoms with E-state index in [-0.39, 0.29) is 24.9 Å². The number of piperazine rings is 1. The summed E-state index contributed by atoms with van der Waals surface area (Å²) in [4.78, 5) is 29.9. The fourth-order valence-electron chi connectivity index (χ4n) is 4.05. The molecule has 178 valence electrons. The van der Waals surface area contributed by atoms with Gasteiger partial charge < -0.3 is 10.1 Å². The van der Waals surface area contributed by atoms with E-state index in [0.29, 0.717) is 17.1 Å². The molecule has 34 heavy (non-hydrogen) atoms. The Kier molecular flexibility index (Phi) is 8.05. The summed E-state index contributed by atoms with van der Waals surface area (Å²) < 4.78 is 18.7. The second-order valence-corrected chi connectivity index (χ2v) is 9.05. The average molecular weight is 482 g/mol. The van der Waals surface area contributed by atoms with Gasteiger partial charge in [0.15, 0.2) is 0 Å². The van der Waals surface area contributed by atoms with E-state index in [1.165, 1.54) is 17.4 Å². The quantitative estimate of drug-likeness (QED) is 0.481. The summed E-state index contributed by atoms with van der Waals surface area (Å²) >= 11 is 1.33. The summed E-state index contributed by atoms with van der Waals surface area (Å²) in [5.74, 6) is -0.826. The third-order valence-corrected chi connectivity index (χ3v) is 6.63. The minimum absolute atomic E-state index is 0.161. The van der Waals surface area contributed by atoms with E-state index >= 15 is 0 Å². The lowest BCUT2D eigenvalue weighted by molar-refractivity contribution is -0.117. The molecule has 0 radical (unpaired) electrons. The number of nitrogens with one attached hydrogen (secondary N) is 1. The number of thiophene rings is 1. The maximum Gasteiger partial charge on any atom is 0.341 e. The van der Waals surface area contributed by atoms with Gasteiger partial charge in [0.05, 0.1) is 13.2 Å². The summed E-state index contributed by atoms with van der Waals surface area (Å²) in [6, 6.07) is 16.3. The molecule has 4 rings (SSSR count). The van der Waals surface area contributed by atoms with E-state index < -0.39 is 5.97 Å². The van der Waals surface area contributed by atoms with Crippen molar-refractivity contribution in [2.45, 2.75) is 13.5 Å². The molecule has 0 unspecified atom stereocenters. The maximum atomic E-state index is 13.4. The van der Waals surface area contributed by atoms with Crippen molar-refractivity contribution in [3.63, 3.8) is 0 Å². The molecular weight excluding hydrogens is 453 g/mol. The van der Waals surface area contributed by atoms with Gasteiger partial charge in [-0.1, -0.05) is 42.5 Å². The lowest BCUT2D eigenvalue weighted by atomic mass is 10.0. The highest BCUT2D eigenvalue weighted by atomic mass is 32.1. The van der Waals surface area contributed by atoms with E-state index in [1.807, 2.05) is 41.8 Å². The number of hydrogen-bond donors (Lipinski definition) is 1. The molecular formula is C26H28FN3O3S. The molecule has 1 N–H and O–H groups in total. The molecule has 0 atom stereocenters. The average Bonchev–Trinajstić information content (AvgIpc) is 3.24. The monoisotopic (exact) mass is 481 g/mol. The van der Waals surface area contributed by atoms with Gasteiger partial charge in [0.2, 0.25) is 5.91 Å². The molecule has 3 aromatic rings. The smallest absolute Gasteiger partial charge is 0.341 e. The number of rotatable bonds is 8. The highest BCUT2D eigenvalue weighted by Gasteiger charge is 2.24. The molecule has 1 fully saturated rings. The van der Waals surface area contributed by atoms with Crippen molar-refractivity contribution in [3.05, 3.63) is 76.9 Å². The zero-order valence-electron chi connectivity index (χ0n) is 19.1. The van der Waals surface area contributed by atoms with Crippen LogP contribution in [-0.4, -0.2) is 61.0 Å². The first-order valence-corrected chi connectivity index (χ1v) is 12.2. The van der Waals surface area contributed by atoms with E-state index in [1.54, 1.807) is 19.1 Å². The SMILES string of the molecule is CCOC(=O)c1c(-c2ccccc2)csc1NC(=O)CN1CCN(Cc2cccc(F)c2)CC1. The number of carbonyl (C=O) groups is 2. The molecule has 0 saturated carbocycles. The van der Waals surface area contributed by atoms with Crippen LogP contribution in [0.15, 0.2) is 60.0 Å². The normalized spacial score (nSPS) is 14.6. The van der Waals surface area contributed by atoms with Gasteiger partial charge in [0.25, 0.3) is 0 Å². The molecule has 1 aliphatic rings. The second-order valence-electron chi connectivity index (χ2n) is 8.17. The number of carbonyl (C=O) groups excluding carboxylic acids is 2. The highest BCUT2D eigenvalue weighted by Crippen LogP contribution is 2.36. The third-order valence-electron chi connectivity index (χ3n) is 5.74. The fraction of sp³-hybridized carbons (Fsp3) is 0.308. The summed E-state index contributed by atoms with van der Waals surface area (Å²) in [6.07, 6.45) is 0. The first-order valence-electron chi connectivity index (χ1n) is 11.4.